The first-order valence-electron chi connectivity index (χ1n) is 5.53. The van der Waals surface area contributed by atoms with Crippen LogP contribution in [-0.4, -0.2) is 35.1 Å². The van der Waals surface area contributed by atoms with E-state index in [2.05, 4.69) is 0 Å². The number of halogens is 2. The van der Waals surface area contributed by atoms with E-state index in [9.17, 15) is 13.6 Å². The maximum Gasteiger partial charge on any atom is 0.410 e. The molecule has 0 atom stereocenters. The Bertz CT molecular complexity index is 306. The number of alkyl halides is 2. The summed E-state index contributed by atoms with van der Waals surface area (Å²) in [6, 6.07) is 0. The van der Waals surface area contributed by atoms with Crippen molar-refractivity contribution in [3.05, 3.63) is 0 Å². The van der Waals surface area contributed by atoms with E-state index in [0.29, 0.717) is 19.4 Å². The summed E-state index contributed by atoms with van der Waals surface area (Å²) in [4.78, 5) is 13.0. The second-order valence-corrected chi connectivity index (χ2v) is 5.77. The molecule has 1 aliphatic carbocycles. The van der Waals surface area contributed by atoms with Crippen molar-refractivity contribution >= 4 is 6.09 Å². The molecule has 2 bridgehead atoms. The van der Waals surface area contributed by atoms with Gasteiger partial charge in [0.1, 0.15) is 11.1 Å². The highest BCUT2D eigenvalue weighted by Gasteiger charge is 2.63. The Morgan fingerprint density at radius 3 is 2.44 bits per heavy atom. The molecule has 0 aromatic rings. The Morgan fingerprint density at radius 2 is 2.00 bits per heavy atom. The predicted molar refractivity (Wildman–Crippen MR) is 54.4 cm³/mol. The van der Waals surface area contributed by atoms with Crippen LogP contribution in [0.25, 0.3) is 0 Å². The van der Waals surface area contributed by atoms with Crippen molar-refractivity contribution in [3.63, 3.8) is 0 Å². The van der Waals surface area contributed by atoms with Crippen LogP contribution in [0, 0.1) is 5.92 Å². The van der Waals surface area contributed by atoms with Crippen LogP contribution in [0.1, 0.15) is 33.6 Å². The molecule has 2 saturated heterocycles. The third-order valence-electron chi connectivity index (χ3n) is 3.28. The highest BCUT2D eigenvalue weighted by molar-refractivity contribution is 5.70. The third kappa shape index (κ3) is 1.66. The second kappa shape index (κ2) is 3.31. The Morgan fingerprint density at radius 1 is 1.44 bits per heavy atom. The van der Waals surface area contributed by atoms with Crippen molar-refractivity contribution in [1.29, 1.82) is 0 Å². The summed E-state index contributed by atoms with van der Waals surface area (Å²) in [6.07, 6.45) is -2.24. The SMILES string of the molecule is CC(C)(C)OC(=O)N1CC2CC1(C(F)F)C2. The normalized spacial score (nSPS) is 32.9. The Labute approximate surface area is 93.7 Å². The Balaban J connectivity index is 2.08. The average Bonchev–Trinajstić information content (AvgIpc) is 2.51. The van der Waals surface area contributed by atoms with Crippen LogP contribution in [0.15, 0.2) is 0 Å². The van der Waals surface area contributed by atoms with Gasteiger partial charge in [0.25, 0.3) is 6.43 Å². The molecule has 0 aromatic heterocycles. The molecule has 0 spiro atoms. The van der Waals surface area contributed by atoms with E-state index in [0.717, 1.165) is 0 Å². The minimum atomic E-state index is -2.47. The third-order valence-corrected chi connectivity index (χ3v) is 3.28. The zero-order chi connectivity index (χ0) is 12.1. The molecular weight excluding hydrogens is 216 g/mol. The van der Waals surface area contributed by atoms with Crippen LogP contribution >= 0.6 is 0 Å². The summed E-state index contributed by atoms with van der Waals surface area (Å²) in [5.41, 5.74) is -1.86. The molecule has 1 saturated carbocycles. The quantitative estimate of drug-likeness (QED) is 0.696. The molecule has 0 aromatic carbocycles. The highest BCUT2D eigenvalue weighted by atomic mass is 19.3. The molecule has 92 valence electrons. The first-order valence-corrected chi connectivity index (χ1v) is 5.53. The van der Waals surface area contributed by atoms with Crippen LogP contribution in [-0.2, 0) is 4.74 Å². The fraction of sp³-hybridized carbons (Fsp3) is 0.909. The zero-order valence-electron chi connectivity index (χ0n) is 9.80. The molecule has 3 nitrogen and oxygen atoms in total. The Hall–Kier alpha value is -0.870. The minimum absolute atomic E-state index is 0.238. The van der Waals surface area contributed by atoms with Crippen molar-refractivity contribution in [2.45, 2.75) is 51.2 Å². The van der Waals surface area contributed by atoms with E-state index >= 15 is 0 Å². The molecule has 16 heavy (non-hydrogen) atoms. The highest BCUT2D eigenvalue weighted by Crippen LogP contribution is 2.54. The molecule has 3 fully saturated rings. The molecule has 3 rings (SSSR count). The van der Waals surface area contributed by atoms with Crippen LogP contribution < -0.4 is 0 Å². The molecule has 0 unspecified atom stereocenters. The van der Waals surface area contributed by atoms with Crippen molar-refractivity contribution in [1.82, 2.24) is 4.90 Å². The van der Waals surface area contributed by atoms with Crippen LogP contribution in [0.3, 0.4) is 0 Å². The Kier molecular flexibility index (Phi) is 2.40. The number of ether oxygens (including phenoxy) is 1. The number of carbonyl (C=O) groups excluding carboxylic acids is 1. The van der Waals surface area contributed by atoms with Gasteiger partial charge in [-0.2, -0.15) is 0 Å². The van der Waals surface area contributed by atoms with Gasteiger partial charge in [-0.25, -0.2) is 13.6 Å². The first-order chi connectivity index (χ1) is 7.24. The van der Waals surface area contributed by atoms with Gasteiger partial charge < -0.3 is 4.74 Å². The van der Waals surface area contributed by atoms with E-state index in [-0.39, 0.29) is 5.92 Å². The van der Waals surface area contributed by atoms with Crippen LogP contribution in [0.2, 0.25) is 0 Å². The standard InChI is InChI=1S/C11H17F2NO2/c1-10(2,3)16-9(15)14-6-7-4-11(14,5-7)8(12)13/h7-8H,4-6H2,1-3H3. The van der Waals surface area contributed by atoms with Crippen molar-refractivity contribution in [2.24, 2.45) is 5.92 Å². The van der Waals surface area contributed by atoms with Gasteiger partial charge in [-0.15, -0.1) is 0 Å². The summed E-state index contributed by atoms with van der Waals surface area (Å²) in [5, 5.41) is 0. The van der Waals surface area contributed by atoms with E-state index < -0.39 is 23.7 Å². The summed E-state index contributed by atoms with van der Waals surface area (Å²) >= 11 is 0. The lowest BCUT2D eigenvalue weighted by atomic mass is 9.73. The maximum absolute atomic E-state index is 13.0. The fourth-order valence-corrected chi connectivity index (χ4v) is 2.60. The molecule has 1 amide bonds. The number of amides is 1. The van der Waals surface area contributed by atoms with Crippen LogP contribution in [0.5, 0.6) is 0 Å². The number of nitrogens with zero attached hydrogens (tertiary/aromatic N) is 1. The maximum atomic E-state index is 13.0. The number of carbonyl (C=O) groups is 1. The van der Waals surface area contributed by atoms with Gasteiger partial charge in [-0.3, -0.25) is 4.90 Å². The fourth-order valence-electron chi connectivity index (χ4n) is 2.60. The van der Waals surface area contributed by atoms with E-state index in [1.807, 2.05) is 0 Å². The summed E-state index contributed by atoms with van der Waals surface area (Å²) in [5.74, 6) is 0.238. The molecule has 5 heteroatoms. The van der Waals surface area contributed by atoms with Crippen LogP contribution in [0.4, 0.5) is 13.6 Å². The lowest BCUT2D eigenvalue weighted by Crippen LogP contribution is -2.54. The van der Waals surface area contributed by atoms with E-state index in [4.69, 9.17) is 4.74 Å². The number of hydrogen-bond donors (Lipinski definition) is 0. The van der Waals surface area contributed by atoms with E-state index in [1.54, 1.807) is 20.8 Å². The molecular formula is C11H17F2NO2. The summed E-state index contributed by atoms with van der Waals surface area (Å²) in [7, 11) is 0. The largest absolute Gasteiger partial charge is 0.444 e. The van der Waals surface area contributed by atoms with Gasteiger partial charge in [0.2, 0.25) is 0 Å². The van der Waals surface area contributed by atoms with Gasteiger partial charge in [0.05, 0.1) is 0 Å². The molecule has 0 N–H and O–H groups in total. The molecule has 0 radical (unpaired) electrons. The first kappa shape index (κ1) is 11.6. The van der Waals surface area contributed by atoms with Gasteiger partial charge in [-0.05, 0) is 39.5 Å². The molecule has 2 aliphatic heterocycles. The van der Waals surface area contributed by atoms with Crippen molar-refractivity contribution in [3.8, 4) is 0 Å². The molecule has 2 heterocycles. The number of rotatable bonds is 1. The second-order valence-electron chi connectivity index (χ2n) is 5.77. The monoisotopic (exact) mass is 233 g/mol. The molecule has 3 aliphatic rings. The zero-order valence-corrected chi connectivity index (χ0v) is 9.80. The lowest BCUT2D eigenvalue weighted by Gasteiger charge is -2.41. The van der Waals surface area contributed by atoms with Gasteiger partial charge in [0.15, 0.2) is 0 Å². The topological polar surface area (TPSA) is 29.5 Å². The van der Waals surface area contributed by atoms with Crippen molar-refractivity contribution < 1.29 is 18.3 Å². The predicted octanol–water partition coefficient (Wildman–Crippen LogP) is 2.65. The van der Waals surface area contributed by atoms with Gasteiger partial charge in [-0.1, -0.05) is 0 Å². The summed E-state index contributed by atoms with van der Waals surface area (Å²) in [6.45, 7) is 5.63. The minimum Gasteiger partial charge on any atom is -0.444 e. The number of fused-ring (bicyclic) bond motifs is 1. The average molecular weight is 233 g/mol. The lowest BCUT2D eigenvalue weighted by molar-refractivity contribution is -0.0624. The van der Waals surface area contributed by atoms with E-state index in [1.165, 1.54) is 4.90 Å². The van der Waals surface area contributed by atoms with Gasteiger partial charge in [0, 0.05) is 6.54 Å². The van der Waals surface area contributed by atoms with Crippen molar-refractivity contribution in [2.75, 3.05) is 6.54 Å². The summed E-state index contributed by atoms with van der Waals surface area (Å²) < 4.78 is 31.1. The number of hydrogen-bond acceptors (Lipinski definition) is 2. The van der Waals surface area contributed by atoms with Gasteiger partial charge >= 0.3 is 6.09 Å². The smallest absolute Gasteiger partial charge is 0.410 e.